The van der Waals surface area contributed by atoms with Crippen LogP contribution in [0.1, 0.15) is 11.1 Å². The van der Waals surface area contributed by atoms with Gasteiger partial charge in [-0.2, -0.15) is 0 Å². The van der Waals surface area contributed by atoms with E-state index in [2.05, 4.69) is 0 Å². The molecule has 1 heterocycles. The largest absolute Gasteiger partial charge is 0.504 e. The summed E-state index contributed by atoms with van der Waals surface area (Å²) in [6.07, 6.45) is 1.24. The number of hydrogen-bond acceptors (Lipinski definition) is 8. The molecular formula is C20H18N2O7S. The molecule has 30 heavy (non-hydrogen) atoms. The molecule has 0 atom stereocenters. The molecule has 1 aliphatic rings. The van der Waals surface area contributed by atoms with Crippen molar-refractivity contribution in [3.63, 3.8) is 0 Å². The van der Waals surface area contributed by atoms with Crippen molar-refractivity contribution in [2.75, 3.05) is 20.3 Å². The van der Waals surface area contributed by atoms with Gasteiger partial charge in [-0.15, -0.1) is 0 Å². The van der Waals surface area contributed by atoms with Crippen molar-refractivity contribution in [3.8, 4) is 17.2 Å². The summed E-state index contributed by atoms with van der Waals surface area (Å²) < 4.78 is 10.5. The summed E-state index contributed by atoms with van der Waals surface area (Å²) in [4.78, 5) is 36.7. The van der Waals surface area contributed by atoms with Gasteiger partial charge in [-0.3, -0.25) is 24.6 Å². The standard InChI is InChI=1S/C20H18N2O7S/c1-12-4-3-5-14(10-12)29-9-8-21-19(24)16(30-20(21)25)11-13-6-7-15(23)18(28-2)17(13)22(26)27/h3-7,10-11,23H,8-9H2,1-2H3/b16-11-. The first-order chi connectivity index (χ1) is 14.3. The molecule has 2 aromatic rings. The summed E-state index contributed by atoms with van der Waals surface area (Å²) in [6, 6.07) is 9.88. The van der Waals surface area contributed by atoms with E-state index in [4.69, 9.17) is 9.47 Å². The zero-order chi connectivity index (χ0) is 21.8. The average molecular weight is 430 g/mol. The number of nitro benzene ring substituents is 1. The second kappa shape index (κ2) is 8.87. The fourth-order valence-corrected chi connectivity index (χ4v) is 3.73. The number of methoxy groups -OCH3 is 1. The summed E-state index contributed by atoms with van der Waals surface area (Å²) in [5.74, 6) is -0.661. The first-order valence-electron chi connectivity index (χ1n) is 8.81. The Morgan fingerprint density at radius 2 is 2.03 bits per heavy atom. The van der Waals surface area contributed by atoms with Gasteiger partial charge in [0, 0.05) is 0 Å². The maximum absolute atomic E-state index is 12.6. The molecule has 0 bridgehead atoms. The third-order valence-electron chi connectivity index (χ3n) is 4.26. The smallest absolute Gasteiger partial charge is 0.322 e. The number of imide groups is 1. The van der Waals surface area contributed by atoms with Crippen molar-refractivity contribution in [1.82, 2.24) is 4.90 Å². The highest BCUT2D eigenvalue weighted by Crippen LogP contribution is 2.41. The number of ether oxygens (including phenoxy) is 2. The number of aromatic hydroxyl groups is 1. The van der Waals surface area contributed by atoms with E-state index < -0.39 is 27.5 Å². The summed E-state index contributed by atoms with van der Waals surface area (Å²) in [7, 11) is 1.19. The Morgan fingerprint density at radius 1 is 1.27 bits per heavy atom. The van der Waals surface area contributed by atoms with Crippen molar-refractivity contribution in [2.24, 2.45) is 0 Å². The van der Waals surface area contributed by atoms with Gasteiger partial charge < -0.3 is 14.6 Å². The number of phenolic OH excluding ortho intramolecular Hbond substituents is 1. The molecule has 1 N–H and O–H groups in total. The van der Waals surface area contributed by atoms with Crippen LogP contribution in [-0.2, 0) is 4.79 Å². The van der Waals surface area contributed by atoms with Gasteiger partial charge in [0.25, 0.3) is 11.1 Å². The van der Waals surface area contributed by atoms with Crippen LogP contribution in [0, 0.1) is 17.0 Å². The molecule has 0 unspecified atom stereocenters. The Bertz CT molecular complexity index is 1050. The fourth-order valence-electron chi connectivity index (χ4n) is 2.88. The number of amides is 2. The van der Waals surface area contributed by atoms with E-state index in [-0.39, 0.29) is 29.4 Å². The number of nitrogens with zero attached hydrogens (tertiary/aromatic N) is 2. The summed E-state index contributed by atoms with van der Waals surface area (Å²) in [6.45, 7) is 2.07. The van der Waals surface area contributed by atoms with Gasteiger partial charge in [-0.25, -0.2) is 0 Å². The van der Waals surface area contributed by atoms with E-state index in [0.29, 0.717) is 17.5 Å². The Morgan fingerprint density at radius 3 is 2.70 bits per heavy atom. The van der Waals surface area contributed by atoms with Crippen LogP contribution in [0.3, 0.4) is 0 Å². The predicted molar refractivity (Wildman–Crippen MR) is 111 cm³/mol. The van der Waals surface area contributed by atoms with Gasteiger partial charge in [0.05, 0.1) is 29.0 Å². The number of benzene rings is 2. The van der Waals surface area contributed by atoms with Gasteiger partial charge >= 0.3 is 5.69 Å². The zero-order valence-electron chi connectivity index (χ0n) is 16.2. The Hall–Kier alpha value is -3.53. The van der Waals surface area contributed by atoms with Crippen molar-refractivity contribution in [2.45, 2.75) is 6.92 Å². The molecule has 0 spiro atoms. The third kappa shape index (κ3) is 4.38. The Kier molecular flexibility index (Phi) is 6.26. The molecule has 9 nitrogen and oxygen atoms in total. The second-order valence-electron chi connectivity index (χ2n) is 6.31. The minimum absolute atomic E-state index is 0.0337. The summed E-state index contributed by atoms with van der Waals surface area (Å²) in [5.41, 5.74) is 0.566. The van der Waals surface area contributed by atoms with E-state index in [1.54, 1.807) is 6.07 Å². The number of phenols is 1. The number of hydrogen-bond donors (Lipinski definition) is 1. The molecule has 0 aliphatic carbocycles. The summed E-state index contributed by atoms with van der Waals surface area (Å²) in [5, 5.41) is 20.7. The molecule has 1 aliphatic heterocycles. The molecule has 1 fully saturated rings. The van der Waals surface area contributed by atoms with Crippen molar-refractivity contribution in [1.29, 1.82) is 0 Å². The van der Waals surface area contributed by atoms with Crippen molar-refractivity contribution >= 4 is 34.7 Å². The molecule has 10 heteroatoms. The normalized spacial score (nSPS) is 15.0. The number of aryl methyl sites for hydroxylation is 1. The number of carbonyl (C=O) groups excluding carboxylic acids is 2. The first-order valence-corrected chi connectivity index (χ1v) is 9.62. The molecule has 0 radical (unpaired) electrons. The van der Waals surface area contributed by atoms with Crippen LogP contribution in [0.4, 0.5) is 10.5 Å². The molecule has 1 saturated heterocycles. The average Bonchev–Trinajstić information content (AvgIpc) is 2.96. The van der Waals surface area contributed by atoms with E-state index >= 15 is 0 Å². The van der Waals surface area contributed by atoms with E-state index in [1.807, 2.05) is 25.1 Å². The van der Waals surface area contributed by atoms with Gasteiger partial charge in [0.2, 0.25) is 5.75 Å². The van der Waals surface area contributed by atoms with E-state index in [0.717, 1.165) is 10.5 Å². The minimum Gasteiger partial charge on any atom is -0.504 e. The monoisotopic (exact) mass is 430 g/mol. The van der Waals surface area contributed by atoms with Crippen LogP contribution >= 0.6 is 11.8 Å². The number of carbonyl (C=O) groups is 2. The number of thioether (sulfide) groups is 1. The highest BCUT2D eigenvalue weighted by atomic mass is 32.2. The fraction of sp³-hybridized carbons (Fsp3) is 0.200. The van der Waals surface area contributed by atoms with E-state index in [1.165, 1.54) is 25.3 Å². The lowest BCUT2D eigenvalue weighted by molar-refractivity contribution is -0.386. The van der Waals surface area contributed by atoms with Crippen LogP contribution in [0.5, 0.6) is 17.2 Å². The molecular weight excluding hydrogens is 412 g/mol. The van der Waals surface area contributed by atoms with Gasteiger partial charge in [-0.05, 0) is 54.6 Å². The van der Waals surface area contributed by atoms with Crippen LogP contribution in [0.2, 0.25) is 0 Å². The number of nitro groups is 1. The lowest BCUT2D eigenvalue weighted by Crippen LogP contribution is -2.32. The zero-order valence-corrected chi connectivity index (χ0v) is 17.0. The lowest BCUT2D eigenvalue weighted by Gasteiger charge is -2.13. The number of rotatable bonds is 7. The second-order valence-corrected chi connectivity index (χ2v) is 7.30. The lowest BCUT2D eigenvalue weighted by atomic mass is 10.1. The molecule has 0 aromatic heterocycles. The molecule has 2 amide bonds. The molecule has 3 rings (SSSR count). The quantitative estimate of drug-likeness (QED) is 0.401. The first kappa shape index (κ1) is 21.2. The maximum atomic E-state index is 12.6. The Labute approximate surface area is 176 Å². The van der Waals surface area contributed by atoms with Gasteiger partial charge in [0.15, 0.2) is 5.75 Å². The van der Waals surface area contributed by atoms with E-state index in [9.17, 15) is 24.8 Å². The van der Waals surface area contributed by atoms with Gasteiger partial charge in [-0.1, -0.05) is 12.1 Å². The van der Waals surface area contributed by atoms with Crippen molar-refractivity contribution < 1.29 is 29.1 Å². The van der Waals surface area contributed by atoms with Crippen LogP contribution in [-0.4, -0.2) is 46.3 Å². The highest BCUT2D eigenvalue weighted by molar-refractivity contribution is 8.18. The minimum atomic E-state index is -0.718. The third-order valence-corrected chi connectivity index (χ3v) is 5.17. The summed E-state index contributed by atoms with van der Waals surface area (Å²) >= 11 is 0.680. The van der Waals surface area contributed by atoms with Crippen LogP contribution in [0.15, 0.2) is 41.3 Å². The SMILES string of the molecule is COc1c(O)ccc(/C=C2\SC(=O)N(CCOc3cccc(C)c3)C2=O)c1[N+](=O)[O-]. The molecule has 156 valence electrons. The van der Waals surface area contributed by atoms with Crippen molar-refractivity contribution in [3.05, 3.63) is 62.5 Å². The molecule has 0 saturated carbocycles. The maximum Gasteiger partial charge on any atom is 0.322 e. The Balaban J connectivity index is 1.77. The predicted octanol–water partition coefficient (Wildman–Crippen LogP) is 3.73. The highest BCUT2D eigenvalue weighted by Gasteiger charge is 2.36. The topological polar surface area (TPSA) is 119 Å². The van der Waals surface area contributed by atoms with Crippen LogP contribution < -0.4 is 9.47 Å². The van der Waals surface area contributed by atoms with Gasteiger partial charge in [0.1, 0.15) is 12.4 Å². The molecule has 2 aromatic carbocycles. The van der Waals surface area contributed by atoms with Crippen LogP contribution in [0.25, 0.3) is 6.08 Å².